The van der Waals surface area contributed by atoms with Gasteiger partial charge < -0.3 is 15.2 Å². The van der Waals surface area contributed by atoms with E-state index in [0.29, 0.717) is 15.7 Å². The van der Waals surface area contributed by atoms with Crippen LogP contribution in [0.25, 0.3) is 6.08 Å². The smallest absolute Gasteiger partial charge is 0.266 e. The summed E-state index contributed by atoms with van der Waals surface area (Å²) in [7, 11) is 1.42. The molecule has 122 valence electrons. The number of nitriles is 1. The minimum atomic E-state index is -0.512. The SMILES string of the molecule is COc1cc(C=C(C#N)C(=O)Nc2cccc(C)c2)c(Br)cc1O. The minimum absolute atomic E-state index is 0.0377. The van der Waals surface area contributed by atoms with Crippen LogP contribution in [-0.2, 0) is 4.79 Å². The van der Waals surface area contributed by atoms with E-state index in [9.17, 15) is 15.2 Å². The summed E-state index contributed by atoms with van der Waals surface area (Å²) in [5, 5.41) is 21.7. The highest BCUT2D eigenvalue weighted by molar-refractivity contribution is 9.10. The molecule has 2 aromatic carbocycles. The van der Waals surface area contributed by atoms with E-state index in [1.54, 1.807) is 6.07 Å². The second-order valence-corrected chi connectivity index (χ2v) is 5.89. The number of nitrogens with zero attached hydrogens (tertiary/aromatic N) is 1. The molecule has 0 unspecified atom stereocenters. The molecule has 0 saturated carbocycles. The van der Waals surface area contributed by atoms with Gasteiger partial charge in [0.05, 0.1) is 7.11 Å². The number of ether oxygens (including phenoxy) is 1. The molecule has 2 rings (SSSR count). The molecule has 0 aliphatic heterocycles. The van der Waals surface area contributed by atoms with E-state index in [2.05, 4.69) is 21.2 Å². The van der Waals surface area contributed by atoms with Crippen LogP contribution in [0.3, 0.4) is 0 Å². The number of nitrogens with one attached hydrogen (secondary N) is 1. The normalized spacial score (nSPS) is 10.8. The van der Waals surface area contributed by atoms with Gasteiger partial charge in [0.15, 0.2) is 11.5 Å². The molecule has 2 aromatic rings. The molecule has 0 atom stereocenters. The Morgan fingerprint density at radius 3 is 2.75 bits per heavy atom. The van der Waals surface area contributed by atoms with E-state index in [1.165, 1.54) is 25.3 Å². The van der Waals surface area contributed by atoms with Gasteiger partial charge in [0.1, 0.15) is 11.6 Å². The molecule has 5 nitrogen and oxygen atoms in total. The standard InChI is InChI=1S/C18H15BrN2O3/c1-11-4-3-5-14(6-11)21-18(23)13(10-20)7-12-8-17(24-2)16(22)9-15(12)19/h3-9,22H,1-2H3,(H,21,23). The first-order valence-electron chi connectivity index (χ1n) is 7.01. The lowest BCUT2D eigenvalue weighted by Crippen LogP contribution is -2.13. The Labute approximate surface area is 148 Å². The Bertz CT molecular complexity index is 854. The number of phenolic OH excluding ortho intramolecular Hbond substituents is 1. The zero-order valence-corrected chi connectivity index (χ0v) is 14.7. The highest BCUT2D eigenvalue weighted by atomic mass is 79.9. The molecule has 1 amide bonds. The average molecular weight is 387 g/mol. The Hall–Kier alpha value is -2.78. The van der Waals surface area contributed by atoms with Crippen molar-refractivity contribution >= 4 is 33.6 Å². The van der Waals surface area contributed by atoms with Gasteiger partial charge in [-0.25, -0.2) is 0 Å². The summed E-state index contributed by atoms with van der Waals surface area (Å²) in [6.45, 7) is 1.91. The van der Waals surface area contributed by atoms with Crippen LogP contribution in [0.15, 0.2) is 46.4 Å². The molecular formula is C18H15BrN2O3. The van der Waals surface area contributed by atoms with E-state index in [0.717, 1.165) is 5.56 Å². The second kappa shape index (κ2) is 7.66. The third-order valence-corrected chi connectivity index (χ3v) is 3.93. The number of aromatic hydroxyl groups is 1. The van der Waals surface area contributed by atoms with Crippen molar-refractivity contribution in [1.29, 1.82) is 5.26 Å². The molecule has 0 radical (unpaired) electrons. The third kappa shape index (κ3) is 4.15. The summed E-state index contributed by atoms with van der Waals surface area (Å²) in [4.78, 5) is 12.3. The molecule has 6 heteroatoms. The van der Waals surface area contributed by atoms with Crippen molar-refractivity contribution in [2.24, 2.45) is 0 Å². The number of benzene rings is 2. The first-order chi connectivity index (χ1) is 11.4. The molecule has 0 bridgehead atoms. The van der Waals surface area contributed by atoms with Crippen LogP contribution < -0.4 is 10.1 Å². The summed E-state index contributed by atoms with van der Waals surface area (Å²) in [6, 6.07) is 12.2. The van der Waals surface area contributed by atoms with Crippen molar-refractivity contribution < 1.29 is 14.6 Å². The van der Waals surface area contributed by atoms with Gasteiger partial charge in [0.25, 0.3) is 5.91 Å². The number of carbonyl (C=O) groups excluding carboxylic acids is 1. The number of hydrogen-bond donors (Lipinski definition) is 2. The van der Waals surface area contributed by atoms with Crippen molar-refractivity contribution in [3.63, 3.8) is 0 Å². The van der Waals surface area contributed by atoms with Crippen molar-refractivity contribution in [3.8, 4) is 17.6 Å². The molecule has 0 aromatic heterocycles. The first kappa shape index (κ1) is 17.6. The van der Waals surface area contributed by atoms with Crippen molar-refractivity contribution in [2.75, 3.05) is 12.4 Å². The Balaban J connectivity index is 2.32. The number of amides is 1. The highest BCUT2D eigenvalue weighted by Crippen LogP contribution is 2.33. The highest BCUT2D eigenvalue weighted by Gasteiger charge is 2.12. The fraction of sp³-hybridized carbons (Fsp3) is 0.111. The number of anilines is 1. The maximum atomic E-state index is 12.3. The fourth-order valence-electron chi connectivity index (χ4n) is 2.06. The molecule has 2 N–H and O–H groups in total. The van der Waals surface area contributed by atoms with Gasteiger partial charge in [0, 0.05) is 10.2 Å². The number of carbonyl (C=O) groups is 1. The van der Waals surface area contributed by atoms with E-state index in [4.69, 9.17) is 4.74 Å². The van der Waals surface area contributed by atoms with E-state index in [-0.39, 0.29) is 17.1 Å². The van der Waals surface area contributed by atoms with Crippen molar-refractivity contribution in [1.82, 2.24) is 0 Å². The Morgan fingerprint density at radius 1 is 1.38 bits per heavy atom. The van der Waals surface area contributed by atoms with Gasteiger partial charge in [-0.2, -0.15) is 5.26 Å². The van der Waals surface area contributed by atoms with Crippen LogP contribution in [0.5, 0.6) is 11.5 Å². The van der Waals surface area contributed by atoms with Gasteiger partial charge in [-0.05, 0) is 48.4 Å². The summed E-state index contributed by atoms with van der Waals surface area (Å²) in [6.07, 6.45) is 1.43. The molecule has 0 fully saturated rings. The summed E-state index contributed by atoms with van der Waals surface area (Å²) >= 11 is 3.29. The fourth-order valence-corrected chi connectivity index (χ4v) is 2.50. The Kier molecular flexibility index (Phi) is 5.61. The van der Waals surface area contributed by atoms with Gasteiger partial charge in [-0.1, -0.05) is 28.1 Å². The van der Waals surface area contributed by atoms with Crippen molar-refractivity contribution in [3.05, 3.63) is 57.6 Å². The van der Waals surface area contributed by atoms with Crippen molar-refractivity contribution in [2.45, 2.75) is 6.92 Å². The summed E-state index contributed by atoms with van der Waals surface area (Å²) in [5.41, 5.74) is 2.09. The quantitative estimate of drug-likeness (QED) is 0.613. The predicted molar refractivity (Wildman–Crippen MR) is 95.8 cm³/mol. The van der Waals surface area contributed by atoms with E-state index < -0.39 is 5.91 Å². The first-order valence-corrected chi connectivity index (χ1v) is 7.80. The number of rotatable bonds is 4. The van der Waals surface area contributed by atoms with Gasteiger partial charge in [-0.15, -0.1) is 0 Å². The molecule has 0 spiro atoms. The molecular weight excluding hydrogens is 372 g/mol. The van der Waals surface area contributed by atoms with Crippen LogP contribution in [0, 0.1) is 18.3 Å². The average Bonchev–Trinajstić information content (AvgIpc) is 2.54. The summed E-state index contributed by atoms with van der Waals surface area (Å²) < 4.78 is 5.58. The zero-order valence-electron chi connectivity index (χ0n) is 13.1. The van der Waals surface area contributed by atoms with Gasteiger partial charge in [-0.3, -0.25) is 4.79 Å². The molecule has 24 heavy (non-hydrogen) atoms. The van der Waals surface area contributed by atoms with Gasteiger partial charge >= 0.3 is 0 Å². The van der Waals surface area contributed by atoms with E-state index in [1.807, 2.05) is 31.2 Å². The van der Waals surface area contributed by atoms with Gasteiger partial charge in [0.2, 0.25) is 0 Å². The predicted octanol–water partition coefficient (Wildman–Crippen LogP) is 4.02. The largest absolute Gasteiger partial charge is 0.504 e. The van der Waals surface area contributed by atoms with E-state index >= 15 is 0 Å². The second-order valence-electron chi connectivity index (χ2n) is 5.04. The maximum absolute atomic E-state index is 12.3. The van der Waals surface area contributed by atoms with Crippen LogP contribution in [-0.4, -0.2) is 18.1 Å². The zero-order chi connectivity index (χ0) is 17.7. The van der Waals surface area contributed by atoms with Crippen LogP contribution >= 0.6 is 15.9 Å². The number of hydrogen-bond acceptors (Lipinski definition) is 4. The van der Waals surface area contributed by atoms with Crippen LogP contribution in [0.4, 0.5) is 5.69 Å². The lowest BCUT2D eigenvalue weighted by molar-refractivity contribution is -0.112. The number of phenols is 1. The number of halogens is 1. The maximum Gasteiger partial charge on any atom is 0.266 e. The molecule has 0 heterocycles. The number of methoxy groups -OCH3 is 1. The van der Waals surface area contributed by atoms with Crippen LogP contribution in [0.2, 0.25) is 0 Å². The summed E-state index contributed by atoms with van der Waals surface area (Å²) in [5.74, 6) is -0.299. The minimum Gasteiger partial charge on any atom is -0.504 e. The molecule has 0 aliphatic rings. The van der Waals surface area contributed by atoms with Crippen LogP contribution in [0.1, 0.15) is 11.1 Å². The Morgan fingerprint density at radius 2 is 2.12 bits per heavy atom. The lowest BCUT2D eigenvalue weighted by Gasteiger charge is -2.08. The molecule has 0 aliphatic carbocycles. The molecule has 0 saturated heterocycles. The monoisotopic (exact) mass is 386 g/mol. The third-order valence-electron chi connectivity index (χ3n) is 3.24. The number of aryl methyl sites for hydroxylation is 1. The topological polar surface area (TPSA) is 82.3 Å². The lowest BCUT2D eigenvalue weighted by atomic mass is 10.1.